The Morgan fingerprint density at radius 2 is 2.00 bits per heavy atom. The molecule has 0 saturated carbocycles. The molecule has 3 aromatic heterocycles. The third-order valence-corrected chi connectivity index (χ3v) is 3.81. The van der Waals surface area contributed by atoms with Crippen molar-refractivity contribution in [2.45, 2.75) is 12.4 Å². The molecule has 0 aliphatic heterocycles. The Hall–Kier alpha value is -2.33. The van der Waals surface area contributed by atoms with Crippen molar-refractivity contribution in [3.8, 4) is 0 Å². The number of pyridine rings is 1. The normalized spacial score (nSPS) is 11.5. The first-order chi connectivity index (χ1) is 10.4. The highest BCUT2D eigenvalue weighted by molar-refractivity contribution is 6.17. The van der Waals surface area contributed by atoms with E-state index in [9.17, 15) is 0 Å². The third kappa shape index (κ3) is 1.99. The number of furan rings is 1. The molecule has 0 spiro atoms. The Morgan fingerprint density at radius 1 is 1.10 bits per heavy atom. The summed E-state index contributed by atoms with van der Waals surface area (Å²) in [5.41, 5.74) is 2.86. The van der Waals surface area contributed by atoms with Crippen molar-refractivity contribution >= 4 is 33.5 Å². The molecule has 5 heteroatoms. The van der Waals surface area contributed by atoms with Crippen LogP contribution in [0.5, 0.6) is 0 Å². The summed E-state index contributed by atoms with van der Waals surface area (Å²) in [6, 6.07) is 11.9. The van der Waals surface area contributed by atoms with Crippen molar-refractivity contribution in [1.29, 1.82) is 0 Å². The van der Waals surface area contributed by atoms with Crippen LogP contribution in [0.25, 0.3) is 21.9 Å². The van der Waals surface area contributed by atoms with Crippen LogP contribution < -0.4 is 0 Å². The van der Waals surface area contributed by atoms with Gasteiger partial charge in [-0.1, -0.05) is 18.2 Å². The highest BCUT2D eigenvalue weighted by atomic mass is 35.5. The number of hydrogen-bond donors (Lipinski definition) is 0. The first kappa shape index (κ1) is 12.4. The quantitative estimate of drug-likeness (QED) is 0.538. The molecule has 0 atom stereocenters. The van der Waals surface area contributed by atoms with E-state index < -0.39 is 0 Å². The molecule has 0 saturated heterocycles. The van der Waals surface area contributed by atoms with Gasteiger partial charge in [0.15, 0.2) is 0 Å². The van der Waals surface area contributed by atoms with Crippen LogP contribution in [0.1, 0.15) is 11.6 Å². The lowest BCUT2D eigenvalue weighted by molar-refractivity contribution is 0.493. The number of halogens is 1. The van der Waals surface area contributed by atoms with Crippen LogP contribution in [0.15, 0.2) is 53.3 Å². The SMILES string of the molecule is ClCc1nc2cnc3ccccc3c2n1Cc1ccco1. The number of imidazole rings is 1. The summed E-state index contributed by atoms with van der Waals surface area (Å²) >= 11 is 6.06. The summed E-state index contributed by atoms with van der Waals surface area (Å²) in [6.07, 6.45) is 3.47. The van der Waals surface area contributed by atoms with E-state index in [1.54, 1.807) is 12.5 Å². The Bertz CT molecular complexity index is 912. The summed E-state index contributed by atoms with van der Waals surface area (Å²) < 4.78 is 7.56. The minimum absolute atomic E-state index is 0.351. The summed E-state index contributed by atoms with van der Waals surface area (Å²) in [4.78, 5) is 9.04. The monoisotopic (exact) mass is 297 g/mol. The van der Waals surface area contributed by atoms with Crippen LogP contribution in [0.4, 0.5) is 0 Å². The maximum absolute atomic E-state index is 6.06. The molecule has 4 aromatic rings. The van der Waals surface area contributed by atoms with Crippen LogP contribution in [-0.4, -0.2) is 14.5 Å². The van der Waals surface area contributed by atoms with Crippen LogP contribution >= 0.6 is 11.6 Å². The lowest BCUT2D eigenvalue weighted by atomic mass is 10.2. The van der Waals surface area contributed by atoms with Gasteiger partial charge in [-0.05, 0) is 18.2 Å². The molecule has 4 nitrogen and oxygen atoms in total. The highest BCUT2D eigenvalue weighted by Gasteiger charge is 2.14. The number of rotatable bonds is 3. The summed E-state index contributed by atoms with van der Waals surface area (Å²) in [6.45, 7) is 0.611. The summed E-state index contributed by atoms with van der Waals surface area (Å²) in [5.74, 6) is 2.05. The van der Waals surface area contributed by atoms with E-state index in [1.807, 2.05) is 30.3 Å². The average Bonchev–Trinajstić information content (AvgIpc) is 3.15. The zero-order chi connectivity index (χ0) is 14.2. The molecule has 104 valence electrons. The minimum Gasteiger partial charge on any atom is -0.467 e. The van der Waals surface area contributed by atoms with E-state index in [4.69, 9.17) is 16.0 Å². The molecule has 0 amide bonds. The van der Waals surface area contributed by atoms with Gasteiger partial charge in [-0.15, -0.1) is 11.6 Å². The standard InChI is InChI=1S/C16H12ClN3O/c17-8-15-19-14-9-18-13-6-2-1-5-12(13)16(14)20(15)10-11-4-3-7-21-11/h1-7,9H,8,10H2. The van der Waals surface area contributed by atoms with Crippen molar-refractivity contribution in [3.63, 3.8) is 0 Å². The molecule has 1 aromatic carbocycles. The predicted octanol–water partition coefficient (Wildman–Crippen LogP) is 3.96. The first-order valence-corrected chi connectivity index (χ1v) is 7.21. The molecular weight excluding hydrogens is 286 g/mol. The van der Waals surface area contributed by atoms with Crippen molar-refractivity contribution in [2.75, 3.05) is 0 Å². The second-order valence-corrected chi connectivity index (χ2v) is 5.10. The van der Waals surface area contributed by atoms with Crippen molar-refractivity contribution in [1.82, 2.24) is 14.5 Å². The van der Waals surface area contributed by atoms with Gasteiger partial charge >= 0.3 is 0 Å². The Kier molecular flexibility index (Phi) is 2.89. The van der Waals surface area contributed by atoms with Crippen LogP contribution in [-0.2, 0) is 12.4 Å². The fourth-order valence-corrected chi connectivity index (χ4v) is 2.84. The van der Waals surface area contributed by atoms with Crippen LogP contribution in [0.3, 0.4) is 0 Å². The molecule has 0 bridgehead atoms. The fourth-order valence-electron chi connectivity index (χ4n) is 2.64. The van der Waals surface area contributed by atoms with E-state index in [0.717, 1.165) is 33.5 Å². The van der Waals surface area contributed by atoms with E-state index in [2.05, 4.69) is 20.6 Å². The fraction of sp³-hybridized carbons (Fsp3) is 0.125. The van der Waals surface area contributed by atoms with Gasteiger partial charge in [0.2, 0.25) is 0 Å². The second-order valence-electron chi connectivity index (χ2n) is 4.84. The number of fused-ring (bicyclic) bond motifs is 3. The Labute approximate surface area is 126 Å². The molecule has 0 unspecified atom stereocenters. The average molecular weight is 298 g/mol. The van der Waals surface area contributed by atoms with E-state index in [0.29, 0.717) is 12.4 Å². The summed E-state index contributed by atoms with van der Waals surface area (Å²) in [7, 11) is 0. The number of para-hydroxylation sites is 1. The number of aromatic nitrogens is 3. The number of hydrogen-bond acceptors (Lipinski definition) is 3. The molecule has 3 heterocycles. The molecule has 0 radical (unpaired) electrons. The van der Waals surface area contributed by atoms with Gasteiger partial charge in [0.1, 0.15) is 17.1 Å². The number of benzene rings is 1. The highest BCUT2D eigenvalue weighted by Crippen LogP contribution is 2.26. The Balaban J connectivity index is 2.03. The lowest BCUT2D eigenvalue weighted by Crippen LogP contribution is -2.03. The molecule has 0 fully saturated rings. The van der Waals surface area contributed by atoms with Gasteiger partial charge in [-0.25, -0.2) is 4.98 Å². The van der Waals surface area contributed by atoms with E-state index in [1.165, 1.54) is 0 Å². The van der Waals surface area contributed by atoms with Crippen LogP contribution in [0.2, 0.25) is 0 Å². The van der Waals surface area contributed by atoms with Gasteiger partial charge < -0.3 is 8.98 Å². The van der Waals surface area contributed by atoms with Gasteiger partial charge in [-0.2, -0.15) is 0 Å². The van der Waals surface area contributed by atoms with Gasteiger partial charge in [0.25, 0.3) is 0 Å². The Morgan fingerprint density at radius 3 is 2.81 bits per heavy atom. The lowest BCUT2D eigenvalue weighted by Gasteiger charge is -2.07. The van der Waals surface area contributed by atoms with Crippen LogP contribution in [0, 0.1) is 0 Å². The number of alkyl halides is 1. The first-order valence-electron chi connectivity index (χ1n) is 6.68. The molecular formula is C16H12ClN3O. The zero-order valence-corrected chi connectivity index (χ0v) is 11.9. The zero-order valence-electron chi connectivity index (χ0n) is 11.2. The summed E-state index contributed by atoms with van der Waals surface area (Å²) in [5, 5.41) is 1.07. The molecule has 21 heavy (non-hydrogen) atoms. The maximum Gasteiger partial charge on any atom is 0.125 e. The molecule has 0 aliphatic rings. The molecule has 0 N–H and O–H groups in total. The minimum atomic E-state index is 0.351. The predicted molar refractivity (Wildman–Crippen MR) is 82.4 cm³/mol. The second kappa shape index (κ2) is 4.90. The third-order valence-electron chi connectivity index (χ3n) is 3.57. The topological polar surface area (TPSA) is 43.9 Å². The van der Waals surface area contributed by atoms with Crippen molar-refractivity contribution < 1.29 is 4.42 Å². The molecule has 0 aliphatic carbocycles. The smallest absolute Gasteiger partial charge is 0.125 e. The van der Waals surface area contributed by atoms with Gasteiger partial charge in [0.05, 0.1) is 35.9 Å². The van der Waals surface area contributed by atoms with Gasteiger partial charge in [-0.3, -0.25) is 4.98 Å². The van der Waals surface area contributed by atoms with Gasteiger partial charge in [0, 0.05) is 5.39 Å². The van der Waals surface area contributed by atoms with Crippen molar-refractivity contribution in [2.24, 2.45) is 0 Å². The van der Waals surface area contributed by atoms with E-state index in [-0.39, 0.29) is 0 Å². The maximum atomic E-state index is 6.06. The van der Waals surface area contributed by atoms with Crippen molar-refractivity contribution in [3.05, 3.63) is 60.4 Å². The number of nitrogens with zero attached hydrogens (tertiary/aromatic N) is 3. The largest absolute Gasteiger partial charge is 0.467 e. The molecule has 4 rings (SSSR count). The van der Waals surface area contributed by atoms with E-state index >= 15 is 0 Å².